The van der Waals surface area contributed by atoms with Crippen molar-refractivity contribution in [2.24, 2.45) is 5.92 Å². The molecule has 3 fully saturated rings. The number of rotatable bonds is 4. The number of ether oxygens (including phenoxy) is 1. The van der Waals surface area contributed by atoms with Gasteiger partial charge in [-0.25, -0.2) is 0 Å². The summed E-state index contributed by atoms with van der Waals surface area (Å²) < 4.78 is 10.4. The van der Waals surface area contributed by atoms with E-state index >= 15 is 0 Å². The number of thiophene rings is 1. The molecule has 0 spiro atoms. The minimum Gasteiger partial charge on any atom is -0.454 e. The normalized spacial score (nSPS) is 28.8. The topological polar surface area (TPSA) is 67.6 Å². The van der Waals surface area contributed by atoms with Crippen molar-refractivity contribution in [3.05, 3.63) is 23.2 Å². The van der Waals surface area contributed by atoms with Gasteiger partial charge in [0.25, 0.3) is 5.91 Å². The summed E-state index contributed by atoms with van der Waals surface area (Å²) in [5.41, 5.74) is 0. The lowest BCUT2D eigenvalue weighted by Crippen LogP contribution is -2.62. The molecule has 2 unspecified atom stereocenters. The molecule has 1 amide bonds. The van der Waals surface area contributed by atoms with Gasteiger partial charge in [0.1, 0.15) is 0 Å². The maximum atomic E-state index is 12.7. The second-order valence-corrected chi connectivity index (χ2v) is 7.56. The Hall–Kier alpha value is -1.86. The first-order chi connectivity index (χ1) is 11.7. The summed E-state index contributed by atoms with van der Waals surface area (Å²) >= 11 is 1.41. The van der Waals surface area contributed by atoms with Crippen LogP contribution in [0, 0.1) is 5.92 Å². The fourth-order valence-corrected chi connectivity index (χ4v) is 4.68. The maximum absolute atomic E-state index is 12.7. The third-order valence-electron chi connectivity index (χ3n) is 5.21. The van der Waals surface area contributed by atoms with Gasteiger partial charge in [-0.15, -0.1) is 11.3 Å². The zero-order valence-electron chi connectivity index (χ0n) is 13.8. The number of nitrogens with one attached hydrogen (secondary N) is 1. The van der Waals surface area contributed by atoms with Crippen LogP contribution in [0.2, 0.25) is 0 Å². The highest BCUT2D eigenvalue weighted by Crippen LogP contribution is 2.33. The molecule has 3 saturated heterocycles. The van der Waals surface area contributed by atoms with Crippen LogP contribution in [0.3, 0.4) is 0 Å². The molecular formula is C17H21N3O3S. The van der Waals surface area contributed by atoms with Crippen LogP contribution >= 0.6 is 11.3 Å². The summed E-state index contributed by atoms with van der Waals surface area (Å²) in [6.45, 7) is 4.54. The maximum Gasteiger partial charge on any atom is 0.393 e. The highest BCUT2D eigenvalue weighted by molar-refractivity contribution is 7.17. The number of fused-ring (bicyclic) bond motifs is 3. The van der Waals surface area contributed by atoms with Crippen molar-refractivity contribution < 1.29 is 13.9 Å². The average Bonchev–Trinajstić information content (AvgIpc) is 3.27. The van der Waals surface area contributed by atoms with Gasteiger partial charge >= 0.3 is 6.08 Å². The molecule has 0 aromatic carbocycles. The van der Waals surface area contributed by atoms with Crippen molar-refractivity contribution in [2.75, 3.05) is 20.2 Å². The Morgan fingerprint density at radius 3 is 2.88 bits per heavy atom. The summed E-state index contributed by atoms with van der Waals surface area (Å²) in [6.07, 6.45) is 4.21. The van der Waals surface area contributed by atoms with Gasteiger partial charge in [-0.2, -0.15) is 4.98 Å². The van der Waals surface area contributed by atoms with E-state index in [9.17, 15) is 4.79 Å². The number of oxazole rings is 1. The standard InChI is InChI=1S/C17H21N3O3S/c1-10-15(11-5-7-20(10)8-6-11)19-16(21)14-4-3-13(24-14)12-9-18-17(22-2)23-12/h3-4,9-11,15H,5-8H2,1-2H3,(H,19,21). The lowest BCUT2D eigenvalue weighted by molar-refractivity contribution is 0.0218. The zero-order chi connectivity index (χ0) is 16.7. The van der Waals surface area contributed by atoms with Crippen LogP contribution in [0.15, 0.2) is 22.7 Å². The first-order valence-corrected chi connectivity index (χ1v) is 9.12. The third kappa shape index (κ3) is 2.71. The van der Waals surface area contributed by atoms with E-state index in [2.05, 4.69) is 22.1 Å². The third-order valence-corrected chi connectivity index (χ3v) is 6.31. The number of carbonyl (C=O) groups excluding carboxylic acids is 1. The van der Waals surface area contributed by atoms with Crippen molar-refractivity contribution in [2.45, 2.75) is 31.8 Å². The van der Waals surface area contributed by atoms with E-state index < -0.39 is 0 Å². The predicted molar refractivity (Wildman–Crippen MR) is 91.4 cm³/mol. The van der Waals surface area contributed by atoms with E-state index in [-0.39, 0.29) is 18.0 Å². The molecule has 2 aromatic heterocycles. The lowest BCUT2D eigenvalue weighted by atomic mass is 9.79. The zero-order valence-corrected chi connectivity index (χ0v) is 14.6. The lowest BCUT2D eigenvalue weighted by Gasteiger charge is -2.49. The molecule has 2 aromatic rings. The number of hydrogen-bond acceptors (Lipinski definition) is 6. The molecule has 3 aliphatic heterocycles. The van der Waals surface area contributed by atoms with Gasteiger partial charge in [-0.05, 0) is 50.9 Å². The van der Waals surface area contributed by atoms with Gasteiger partial charge in [0, 0.05) is 12.1 Å². The Labute approximate surface area is 144 Å². The Morgan fingerprint density at radius 1 is 1.42 bits per heavy atom. The molecular weight excluding hydrogens is 326 g/mol. The van der Waals surface area contributed by atoms with Crippen LogP contribution in [0.4, 0.5) is 0 Å². The predicted octanol–water partition coefficient (Wildman–Crippen LogP) is 2.62. The average molecular weight is 347 g/mol. The van der Waals surface area contributed by atoms with Crippen LogP contribution in [0.1, 0.15) is 29.4 Å². The van der Waals surface area contributed by atoms with Crippen molar-refractivity contribution in [1.29, 1.82) is 0 Å². The van der Waals surface area contributed by atoms with Gasteiger partial charge in [0.05, 0.1) is 23.1 Å². The summed E-state index contributed by atoms with van der Waals surface area (Å²) in [6, 6.07) is 4.39. The van der Waals surface area contributed by atoms with E-state index in [1.807, 2.05) is 12.1 Å². The molecule has 128 valence electrons. The number of carbonyl (C=O) groups is 1. The Morgan fingerprint density at radius 2 is 2.21 bits per heavy atom. The molecule has 2 bridgehead atoms. The van der Waals surface area contributed by atoms with E-state index in [4.69, 9.17) is 9.15 Å². The monoisotopic (exact) mass is 347 g/mol. The molecule has 24 heavy (non-hydrogen) atoms. The molecule has 5 heterocycles. The quantitative estimate of drug-likeness (QED) is 0.921. The van der Waals surface area contributed by atoms with Gasteiger partial charge in [0.2, 0.25) is 0 Å². The second-order valence-electron chi connectivity index (χ2n) is 6.47. The van der Waals surface area contributed by atoms with E-state index in [1.54, 1.807) is 6.20 Å². The highest BCUT2D eigenvalue weighted by Gasteiger charge is 2.40. The van der Waals surface area contributed by atoms with Crippen LogP contribution in [0.5, 0.6) is 6.08 Å². The first kappa shape index (κ1) is 15.7. The minimum atomic E-state index is 0.00308. The smallest absolute Gasteiger partial charge is 0.393 e. The van der Waals surface area contributed by atoms with Crippen molar-refractivity contribution in [3.63, 3.8) is 0 Å². The summed E-state index contributed by atoms with van der Waals surface area (Å²) in [4.78, 5) is 20.7. The van der Waals surface area contributed by atoms with E-state index in [1.165, 1.54) is 31.3 Å². The van der Waals surface area contributed by atoms with Crippen molar-refractivity contribution in [1.82, 2.24) is 15.2 Å². The first-order valence-electron chi connectivity index (χ1n) is 8.30. The number of aromatic nitrogens is 1. The van der Waals surface area contributed by atoms with Crippen molar-refractivity contribution in [3.8, 4) is 16.7 Å². The Bertz CT molecular complexity index is 731. The van der Waals surface area contributed by atoms with Gasteiger partial charge in [-0.3, -0.25) is 9.69 Å². The molecule has 3 aliphatic rings. The molecule has 7 heteroatoms. The molecule has 0 saturated carbocycles. The van der Waals surface area contributed by atoms with Crippen LogP contribution in [-0.4, -0.2) is 48.1 Å². The molecule has 0 aliphatic carbocycles. The number of methoxy groups -OCH3 is 1. The van der Waals surface area contributed by atoms with E-state index in [0.29, 0.717) is 22.6 Å². The Kier molecular flexibility index (Phi) is 4.05. The fraction of sp³-hybridized carbons (Fsp3) is 0.529. The fourth-order valence-electron chi connectivity index (χ4n) is 3.83. The van der Waals surface area contributed by atoms with Crippen LogP contribution in [-0.2, 0) is 0 Å². The number of piperidine rings is 3. The van der Waals surface area contributed by atoms with Crippen LogP contribution < -0.4 is 10.1 Å². The van der Waals surface area contributed by atoms with Gasteiger partial charge in [-0.1, -0.05) is 0 Å². The summed E-state index contributed by atoms with van der Waals surface area (Å²) in [5.74, 6) is 1.22. The van der Waals surface area contributed by atoms with Gasteiger partial charge in [0.15, 0.2) is 5.76 Å². The number of amides is 1. The number of nitrogens with zero attached hydrogens (tertiary/aromatic N) is 2. The molecule has 2 atom stereocenters. The SMILES string of the molecule is COc1ncc(-c2ccc(C(=O)NC3C4CCN(CC4)C3C)s2)o1. The van der Waals surface area contributed by atoms with Crippen molar-refractivity contribution >= 4 is 17.2 Å². The Balaban J connectivity index is 1.47. The molecule has 6 nitrogen and oxygen atoms in total. The van der Waals surface area contributed by atoms with E-state index in [0.717, 1.165) is 18.0 Å². The molecule has 0 radical (unpaired) electrons. The second kappa shape index (κ2) is 6.22. The summed E-state index contributed by atoms with van der Waals surface area (Å²) in [7, 11) is 1.51. The molecule has 5 rings (SSSR count). The highest BCUT2D eigenvalue weighted by atomic mass is 32.1. The van der Waals surface area contributed by atoms with Gasteiger partial charge < -0.3 is 14.5 Å². The molecule has 1 N–H and O–H groups in total. The van der Waals surface area contributed by atoms with Crippen LogP contribution in [0.25, 0.3) is 10.6 Å². The summed E-state index contributed by atoms with van der Waals surface area (Å²) in [5, 5.41) is 3.26. The minimum absolute atomic E-state index is 0.00308. The number of hydrogen-bond donors (Lipinski definition) is 1. The largest absolute Gasteiger partial charge is 0.454 e.